The van der Waals surface area contributed by atoms with Gasteiger partial charge in [0.05, 0.1) is 0 Å². The van der Waals surface area contributed by atoms with E-state index in [2.05, 4.69) is 10.6 Å². The number of hydrogen-bond donors (Lipinski definition) is 0. The molecule has 4 heteroatoms. The van der Waals surface area contributed by atoms with Crippen molar-refractivity contribution >= 4 is 0 Å². The van der Waals surface area contributed by atoms with Gasteiger partial charge in [-0.3, -0.25) is 0 Å². The van der Waals surface area contributed by atoms with Crippen molar-refractivity contribution in [2.45, 2.75) is 45.2 Å². The molecule has 17 heavy (non-hydrogen) atoms. The van der Waals surface area contributed by atoms with Crippen molar-refractivity contribution in [1.29, 1.82) is 0 Å². The average Bonchev–Trinajstić information content (AvgIpc) is 2.79. The van der Waals surface area contributed by atoms with Crippen LogP contribution in [0.1, 0.15) is 39.0 Å². The molecule has 0 radical (unpaired) electrons. The van der Waals surface area contributed by atoms with Crippen LogP contribution in [0.25, 0.3) is 10.6 Å². The number of ether oxygens (including phenoxy) is 1. The summed E-state index contributed by atoms with van der Waals surface area (Å²) < 4.78 is 5.00. The minimum atomic E-state index is 0. The molecule has 3 nitrogen and oxygen atoms in total. The van der Waals surface area contributed by atoms with Crippen LogP contribution in [-0.2, 0) is 4.74 Å². The zero-order chi connectivity index (χ0) is 11.5. The fraction of sp³-hybridized carbons (Fsp3) is 0.923. The minimum absolute atomic E-state index is 0. The molecule has 0 spiro atoms. The second-order valence-corrected chi connectivity index (χ2v) is 4.08. The van der Waals surface area contributed by atoms with Gasteiger partial charge in [-0.25, -0.2) is 6.17 Å². The maximum atomic E-state index is 5.00. The van der Waals surface area contributed by atoms with E-state index in [4.69, 9.17) is 4.74 Å². The molecule has 1 aliphatic rings. The van der Waals surface area contributed by atoms with E-state index in [1.54, 1.807) is 21.2 Å². The maximum Gasteiger partial charge on any atom is 3.00 e. The van der Waals surface area contributed by atoms with Crippen molar-refractivity contribution in [3.8, 4) is 0 Å². The van der Waals surface area contributed by atoms with Gasteiger partial charge in [-0.15, -0.1) is 6.92 Å². The number of hydrogen-bond acceptors (Lipinski definition) is 1. The van der Waals surface area contributed by atoms with Crippen molar-refractivity contribution in [2.75, 3.05) is 27.8 Å². The Morgan fingerprint density at radius 1 is 1.18 bits per heavy atom. The van der Waals surface area contributed by atoms with Crippen molar-refractivity contribution in [3.05, 3.63) is 18.1 Å². The van der Waals surface area contributed by atoms with Crippen LogP contribution in [0.5, 0.6) is 0 Å². The molecule has 0 unspecified atom stereocenters. The first-order valence-corrected chi connectivity index (χ1v) is 5.91. The first-order chi connectivity index (χ1) is 7.24. The van der Waals surface area contributed by atoms with Crippen LogP contribution < -0.4 is 0 Å². The van der Waals surface area contributed by atoms with Gasteiger partial charge >= 0.3 is 35.6 Å². The molecule has 1 saturated carbocycles. The predicted octanol–water partition coefficient (Wildman–Crippen LogP) is 4.00. The summed E-state index contributed by atoms with van der Waals surface area (Å²) in [6.45, 7) is 2.91. The molecular formula is C13H29LaN2O. The molecule has 1 fully saturated rings. The SMILES string of the molecule is COCCC1CCCC1.C[N-]C(C)[N-]C.[CH3-].[La+3]. The van der Waals surface area contributed by atoms with Crippen LogP contribution in [0.3, 0.4) is 0 Å². The molecule has 0 bridgehead atoms. The molecule has 1 rings (SSSR count). The molecule has 0 saturated heterocycles. The van der Waals surface area contributed by atoms with E-state index in [1.807, 2.05) is 6.92 Å². The Morgan fingerprint density at radius 2 is 1.65 bits per heavy atom. The third-order valence-corrected chi connectivity index (χ3v) is 2.95. The van der Waals surface area contributed by atoms with E-state index in [0.717, 1.165) is 12.5 Å². The minimum Gasteiger partial charge on any atom is -0.681 e. The zero-order valence-corrected chi connectivity index (χ0v) is 15.9. The predicted molar refractivity (Wildman–Crippen MR) is 72.9 cm³/mol. The Hall–Kier alpha value is 1.07. The van der Waals surface area contributed by atoms with Crippen LogP contribution in [0.2, 0.25) is 0 Å². The quantitative estimate of drug-likeness (QED) is 0.676. The summed E-state index contributed by atoms with van der Waals surface area (Å²) in [4.78, 5) is 0. The van der Waals surface area contributed by atoms with Gasteiger partial charge in [0.15, 0.2) is 0 Å². The van der Waals surface area contributed by atoms with Crippen molar-refractivity contribution < 1.29 is 40.3 Å². The molecule has 0 aromatic rings. The molecule has 0 heterocycles. The fourth-order valence-corrected chi connectivity index (χ4v) is 1.70. The summed E-state index contributed by atoms with van der Waals surface area (Å²) in [6.07, 6.45) is 7.27. The van der Waals surface area contributed by atoms with Gasteiger partial charge in [-0.1, -0.05) is 25.7 Å². The van der Waals surface area contributed by atoms with Gasteiger partial charge < -0.3 is 22.8 Å². The van der Waals surface area contributed by atoms with E-state index < -0.39 is 0 Å². The van der Waals surface area contributed by atoms with Gasteiger partial charge in [0.25, 0.3) is 0 Å². The smallest absolute Gasteiger partial charge is 0.681 e. The molecular weight excluding hydrogens is 339 g/mol. The Balaban J connectivity index is -0.000000221. The number of rotatable bonds is 5. The second-order valence-electron chi connectivity index (χ2n) is 4.08. The third-order valence-electron chi connectivity index (χ3n) is 2.95. The van der Waals surface area contributed by atoms with Crippen LogP contribution in [0, 0.1) is 48.9 Å². The Bertz CT molecular complexity index is 127. The Morgan fingerprint density at radius 3 is 1.94 bits per heavy atom. The molecule has 1 aliphatic carbocycles. The number of methoxy groups -OCH3 is 1. The molecule has 100 valence electrons. The Labute approximate surface area is 136 Å². The van der Waals surface area contributed by atoms with E-state index in [-0.39, 0.29) is 49.2 Å². The van der Waals surface area contributed by atoms with Crippen LogP contribution >= 0.6 is 0 Å². The second kappa shape index (κ2) is 17.1. The largest absolute Gasteiger partial charge is 3.00 e. The van der Waals surface area contributed by atoms with Crippen LogP contribution in [0.15, 0.2) is 0 Å². The summed E-state index contributed by atoms with van der Waals surface area (Å²) in [7, 11) is 5.31. The first kappa shape index (κ1) is 23.2. The molecule has 0 N–H and O–H groups in total. The van der Waals surface area contributed by atoms with E-state index in [1.165, 1.54) is 32.1 Å². The topological polar surface area (TPSA) is 37.4 Å². The molecule has 0 amide bonds. The van der Waals surface area contributed by atoms with Gasteiger partial charge in [-0.2, -0.15) is 14.1 Å². The van der Waals surface area contributed by atoms with Crippen molar-refractivity contribution in [3.63, 3.8) is 0 Å². The molecule has 0 atom stereocenters. The molecule has 0 aliphatic heterocycles. The molecule has 0 aromatic carbocycles. The summed E-state index contributed by atoms with van der Waals surface area (Å²) >= 11 is 0. The van der Waals surface area contributed by atoms with Crippen molar-refractivity contribution in [1.82, 2.24) is 0 Å². The maximum absolute atomic E-state index is 5.00. The van der Waals surface area contributed by atoms with Crippen LogP contribution in [-0.4, -0.2) is 34.0 Å². The normalized spacial score (nSPS) is 14.6. The average molecular weight is 368 g/mol. The monoisotopic (exact) mass is 368 g/mol. The van der Waals surface area contributed by atoms with Gasteiger partial charge in [0.1, 0.15) is 0 Å². The standard InChI is InChI=1S/C8H16O.C4H10N2.CH3.La/c1-9-7-6-8-4-2-3-5-8;1-4(5-2)6-3;;/h8H,2-7H2,1H3;4H,1-3H3;1H3;/q;-2;-1;+3. The summed E-state index contributed by atoms with van der Waals surface area (Å²) in [6, 6.07) is 0. The first-order valence-electron chi connectivity index (χ1n) is 5.91. The summed E-state index contributed by atoms with van der Waals surface area (Å²) in [5.41, 5.74) is 0. The van der Waals surface area contributed by atoms with Gasteiger partial charge in [0, 0.05) is 13.7 Å². The fourth-order valence-electron chi connectivity index (χ4n) is 1.70. The van der Waals surface area contributed by atoms with Gasteiger partial charge in [-0.05, 0) is 12.3 Å². The summed E-state index contributed by atoms with van der Waals surface area (Å²) in [5.74, 6) is 0.991. The Kier molecular flexibility index (Phi) is 23.3. The third kappa shape index (κ3) is 15.0. The van der Waals surface area contributed by atoms with E-state index in [9.17, 15) is 0 Å². The van der Waals surface area contributed by atoms with Crippen LogP contribution in [0.4, 0.5) is 0 Å². The van der Waals surface area contributed by atoms with Crippen molar-refractivity contribution in [2.24, 2.45) is 5.92 Å². The zero-order valence-electron chi connectivity index (χ0n) is 12.3. The van der Waals surface area contributed by atoms with E-state index in [0.29, 0.717) is 0 Å². The molecule has 0 aromatic heterocycles. The number of nitrogens with zero attached hydrogens (tertiary/aromatic N) is 2. The van der Waals surface area contributed by atoms with Gasteiger partial charge in [0.2, 0.25) is 0 Å². The van der Waals surface area contributed by atoms with E-state index >= 15 is 0 Å². The summed E-state index contributed by atoms with van der Waals surface area (Å²) in [5, 5.41) is 7.68.